The Morgan fingerprint density at radius 1 is 1.00 bits per heavy atom. The maximum Gasteiger partial charge on any atom is 0.275 e. The molecule has 1 amide bonds. The molecule has 4 aromatic rings. The van der Waals surface area contributed by atoms with Crippen molar-refractivity contribution in [3.63, 3.8) is 0 Å². The maximum absolute atomic E-state index is 12.4. The number of pyridine rings is 1. The van der Waals surface area contributed by atoms with E-state index >= 15 is 0 Å². The van der Waals surface area contributed by atoms with Gasteiger partial charge in [0, 0.05) is 35.0 Å². The Morgan fingerprint density at radius 2 is 1.84 bits per heavy atom. The number of benzene rings is 1. The fourth-order valence-electron chi connectivity index (χ4n) is 2.24. The van der Waals surface area contributed by atoms with Gasteiger partial charge in [-0.2, -0.15) is 0 Å². The van der Waals surface area contributed by atoms with Crippen molar-refractivity contribution in [1.82, 2.24) is 19.9 Å². The molecular weight excluding hydrogens is 336 g/mol. The number of anilines is 3. The lowest BCUT2D eigenvalue weighted by atomic mass is 10.2. The normalized spacial score (nSPS) is 10.6. The molecule has 0 bridgehead atoms. The lowest BCUT2D eigenvalue weighted by Gasteiger charge is -2.04. The van der Waals surface area contributed by atoms with Crippen molar-refractivity contribution in [2.45, 2.75) is 0 Å². The quantitative estimate of drug-likeness (QED) is 0.586. The van der Waals surface area contributed by atoms with Crippen molar-refractivity contribution in [1.29, 1.82) is 0 Å². The van der Waals surface area contributed by atoms with Crippen LogP contribution in [-0.4, -0.2) is 25.8 Å². The van der Waals surface area contributed by atoms with Crippen LogP contribution in [0.5, 0.6) is 0 Å². The molecule has 3 heterocycles. The molecule has 0 saturated carbocycles. The maximum atomic E-state index is 12.4. The minimum atomic E-state index is -0.276. The minimum absolute atomic E-state index is 0.276. The standard InChI is InChI=1S/C17H12N6OS/c24-15(21-12-4-5-13-11(9-12)3-1-6-18-13)14-10-25-17(22-14)23-16-19-7-2-8-20-16/h1-10H,(H,21,24)(H,19,20,22,23). The van der Waals surface area contributed by atoms with Gasteiger partial charge in [0.15, 0.2) is 5.13 Å². The molecule has 122 valence electrons. The molecule has 0 saturated heterocycles. The molecule has 0 unspecified atom stereocenters. The van der Waals surface area contributed by atoms with Crippen LogP contribution in [-0.2, 0) is 0 Å². The number of carbonyl (C=O) groups is 1. The highest BCUT2D eigenvalue weighted by atomic mass is 32.1. The van der Waals surface area contributed by atoms with Crippen LogP contribution in [0.25, 0.3) is 10.9 Å². The van der Waals surface area contributed by atoms with Gasteiger partial charge >= 0.3 is 0 Å². The van der Waals surface area contributed by atoms with Crippen LogP contribution < -0.4 is 10.6 Å². The van der Waals surface area contributed by atoms with Gasteiger partial charge in [-0.05, 0) is 30.3 Å². The smallest absolute Gasteiger partial charge is 0.275 e. The third kappa shape index (κ3) is 3.43. The summed E-state index contributed by atoms with van der Waals surface area (Å²) >= 11 is 1.31. The topological polar surface area (TPSA) is 92.7 Å². The highest BCUT2D eigenvalue weighted by Crippen LogP contribution is 2.21. The zero-order valence-electron chi connectivity index (χ0n) is 12.9. The van der Waals surface area contributed by atoms with E-state index in [2.05, 4.69) is 30.6 Å². The molecule has 25 heavy (non-hydrogen) atoms. The van der Waals surface area contributed by atoms with Crippen molar-refractivity contribution in [2.24, 2.45) is 0 Å². The predicted molar refractivity (Wildman–Crippen MR) is 97.1 cm³/mol. The van der Waals surface area contributed by atoms with Gasteiger partial charge in [-0.15, -0.1) is 11.3 Å². The van der Waals surface area contributed by atoms with Crippen LogP contribution >= 0.6 is 11.3 Å². The van der Waals surface area contributed by atoms with E-state index in [-0.39, 0.29) is 5.91 Å². The molecule has 7 nitrogen and oxygen atoms in total. The molecule has 0 radical (unpaired) electrons. The van der Waals surface area contributed by atoms with Gasteiger partial charge < -0.3 is 10.6 Å². The van der Waals surface area contributed by atoms with Crippen LogP contribution in [0.4, 0.5) is 16.8 Å². The van der Waals surface area contributed by atoms with Gasteiger partial charge in [0.1, 0.15) is 5.69 Å². The lowest BCUT2D eigenvalue weighted by molar-refractivity contribution is 0.102. The average molecular weight is 348 g/mol. The molecule has 0 atom stereocenters. The molecule has 0 aliphatic carbocycles. The second-order valence-corrected chi connectivity index (χ2v) is 5.96. The Labute approximate surface area is 146 Å². The summed E-state index contributed by atoms with van der Waals surface area (Å²) in [6.45, 7) is 0. The van der Waals surface area contributed by atoms with E-state index in [0.717, 1.165) is 10.9 Å². The molecular formula is C17H12N6OS. The van der Waals surface area contributed by atoms with E-state index in [9.17, 15) is 4.79 Å². The number of nitrogens with one attached hydrogen (secondary N) is 2. The fourth-order valence-corrected chi connectivity index (χ4v) is 2.93. The second-order valence-electron chi connectivity index (χ2n) is 5.10. The summed E-state index contributed by atoms with van der Waals surface area (Å²) in [5.41, 5.74) is 1.90. The van der Waals surface area contributed by atoms with E-state index in [1.807, 2.05) is 30.3 Å². The number of thiazole rings is 1. The summed E-state index contributed by atoms with van der Waals surface area (Å²) in [6.07, 6.45) is 5.00. The Balaban J connectivity index is 1.49. The minimum Gasteiger partial charge on any atom is -0.321 e. The van der Waals surface area contributed by atoms with E-state index in [4.69, 9.17) is 0 Å². The number of carbonyl (C=O) groups excluding carboxylic acids is 1. The van der Waals surface area contributed by atoms with Crippen LogP contribution in [0.2, 0.25) is 0 Å². The fraction of sp³-hybridized carbons (Fsp3) is 0. The zero-order chi connectivity index (χ0) is 17.1. The predicted octanol–water partition coefficient (Wildman–Crippen LogP) is 3.48. The summed E-state index contributed by atoms with van der Waals surface area (Å²) in [5, 5.41) is 9.01. The Kier molecular flexibility index (Phi) is 4.01. The highest BCUT2D eigenvalue weighted by Gasteiger charge is 2.12. The van der Waals surface area contributed by atoms with E-state index in [1.54, 1.807) is 30.0 Å². The summed E-state index contributed by atoms with van der Waals surface area (Å²) in [7, 11) is 0. The summed E-state index contributed by atoms with van der Waals surface area (Å²) in [4.78, 5) is 29.0. The largest absolute Gasteiger partial charge is 0.321 e. The van der Waals surface area contributed by atoms with Gasteiger partial charge in [-0.1, -0.05) is 6.07 Å². The van der Waals surface area contributed by atoms with Crippen molar-refractivity contribution < 1.29 is 4.79 Å². The van der Waals surface area contributed by atoms with Gasteiger partial charge in [-0.25, -0.2) is 15.0 Å². The molecule has 0 aliphatic heterocycles. The van der Waals surface area contributed by atoms with Crippen molar-refractivity contribution in [2.75, 3.05) is 10.6 Å². The molecule has 0 spiro atoms. The first-order valence-electron chi connectivity index (χ1n) is 7.44. The van der Waals surface area contributed by atoms with Crippen LogP contribution in [0, 0.1) is 0 Å². The first-order valence-corrected chi connectivity index (χ1v) is 8.31. The molecule has 3 aromatic heterocycles. The van der Waals surface area contributed by atoms with Gasteiger partial charge in [0.25, 0.3) is 5.91 Å². The van der Waals surface area contributed by atoms with Gasteiger partial charge in [-0.3, -0.25) is 9.78 Å². The van der Waals surface area contributed by atoms with Crippen molar-refractivity contribution in [3.8, 4) is 0 Å². The van der Waals surface area contributed by atoms with Gasteiger partial charge in [0.05, 0.1) is 5.52 Å². The number of aromatic nitrogens is 4. The van der Waals surface area contributed by atoms with E-state index in [0.29, 0.717) is 22.5 Å². The third-order valence-electron chi connectivity index (χ3n) is 3.38. The number of rotatable bonds is 4. The monoisotopic (exact) mass is 348 g/mol. The van der Waals surface area contributed by atoms with Crippen LogP contribution in [0.3, 0.4) is 0 Å². The molecule has 0 aliphatic rings. The highest BCUT2D eigenvalue weighted by molar-refractivity contribution is 7.14. The summed E-state index contributed by atoms with van der Waals surface area (Å²) in [5.74, 6) is 0.160. The molecule has 4 rings (SSSR count). The number of fused-ring (bicyclic) bond motifs is 1. The lowest BCUT2D eigenvalue weighted by Crippen LogP contribution is -2.12. The second kappa shape index (κ2) is 6.62. The van der Waals surface area contributed by atoms with Gasteiger partial charge in [0.2, 0.25) is 5.95 Å². The third-order valence-corrected chi connectivity index (χ3v) is 4.14. The van der Waals surface area contributed by atoms with Crippen molar-refractivity contribution >= 4 is 44.9 Å². The van der Waals surface area contributed by atoms with E-state index in [1.165, 1.54) is 11.3 Å². The average Bonchev–Trinajstić information content (AvgIpc) is 3.11. The summed E-state index contributed by atoms with van der Waals surface area (Å²) in [6, 6.07) is 11.1. The number of amides is 1. The Bertz CT molecular complexity index is 1030. The van der Waals surface area contributed by atoms with Crippen molar-refractivity contribution in [3.05, 3.63) is 66.1 Å². The number of hydrogen-bond acceptors (Lipinski definition) is 7. The Hall–Kier alpha value is -3.39. The molecule has 1 aromatic carbocycles. The SMILES string of the molecule is O=C(Nc1ccc2ncccc2c1)c1csc(Nc2ncccn2)n1. The first kappa shape index (κ1) is 15.2. The van der Waals surface area contributed by atoms with Crippen LogP contribution in [0.15, 0.2) is 60.4 Å². The summed E-state index contributed by atoms with van der Waals surface area (Å²) < 4.78 is 0. The Morgan fingerprint density at radius 3 is 2.72 bits per heavy atom. The first-order chi connectivity index (χ1) is 12.3. The van der Waals surface area contributed by atoms with Crippen LogP contribution in [0.1, 0.15) is 10.5 Å². The van der Waals surface area contributed by atoms with E-state index < -0.39 is 0 Å². The zero-order valence-corrected chi connectivity index (χ0v) is 13.7. The molecule has 8 heteroatoms. The number of nitrogens with zero attached hydrogens (tertiary/aromatic N) is 4. The number of hydrogen-bond donors (Lipinski definition) is 2. The molecule has 2 N–H and O–H groups in total. The molecule has 0 fully saturated rings.